The average molecular weight is 450 g/mol. The first-order valence-corrected chi connectivity index (χ1v) is 11.6. The Balaban J connectivity index is 1.91. The Labute approximate surface area is 193 Å². The van der Waals surface area contributed by atoms with Crippen LogP contribution in [0.15, 0.2) is 28.7 Å². The number of esters is 1. The second kappa shape index (κ2) is 9.00. The minimum atomic E-state index is -0.521. The highest BCUT2D eigenvalue weighted by atomic mass is 16.5. The van der Waals surface area contributed by atoms with Gasteiger partial charge in [0.1, 0.15) is 17.5 Å². The van der Waals surface area contributed by atoms with Crippen molar-refractivity contribution in [3.05, 3.63) is 41.0 Å². The number of nitrogens with zero attached hydrogens (tertiary/aromatic N) is 1. The first kappa shape index (κ1) is 23.0. The van der Waals surface area contributed by atoms with Gasteiger partial charge in [0, 0.05) is 28.3 Å². The molecule has 0 atom stereocenters. The van der Waals surface area contributed by atoms with E-state index in [2.05, 4.69) is 6.92 Å². The molecule has 2 aromatic carbocycles. The molecule has 0 N–H and O–H groups in total. The molecule has 1 saturated carbocycles. The van der Waals surface area contributed by atoms with E-state index in [-0.39, 0.29) is 17.9 Å². The van der Waals surface area contributed by atoms with Crippen LogP contribution >= 0.6 is 0 Å². The normalized spacial score (nSPS) is 18.6. The Morgan fingerprint density at radius 1 is 1.06 bits per heavy atom. The van der Waals surface area contributed by atoms with Crippen LogP contribution in [0, 0.1) is 18.8 Å². The summed E-state index contributed by atoms with van der Waals surface area (Å²) in [6.45, 7) is 7.99. The van der Waals surface area contributed by atoms with E-state index < -0.39 is 5.97 Å². The van der Waals surface area contributed by atoms with Crippen LogP contribution in [-0.4, -0.2) is 31.3 Å². The van der Waals surface area contributed by atoms with Gasteiger partial charge in [-0.1, -0.05) is 6.92 Å². The van der Waals surface area contributed by atoms with Gasteiger partial charge in [0.25, 0.3) is 0 Å². The Bertz CT molecular complexity index is 1230. The third-order valence-corrected chi connectivity index (χ3v) is 6.89. The zero-order valence-electron chi connectivity index (χ0n) is 19.9. The Hall–Kier alpha value is -3.15. The number of rotatable bonds is 5. The van der Waals surface area contributed by atoms with Crippen molar-refractivity contribution < 1.29 is 23.5 Å². The number of aryl methyl sites for hydroxylation is 1. The maximum Gasteiger partial charge on any atom is 0.340 e. The Kier molecular flexibility index (Phi) is 6.28. The van der Waals surface area contributed by atoms with Crippen molar-refractivity contribution in [3.8, 4) is 0 Å². The number of ether oxygens (including phenoxy) is 1. The molecule has 174 valence electrons. The van der Waals surface area contributed by atoms with Gasteiger partial charge in [-0.3, -0.25) is 9.59 Å². The van der Waals surface area contributed by atoms with Crippen LogP contribution < -0.4 is 4.90 Å². The maximum absolute atomic E-state index is 13.7. The minimum Gasteiger partial charge on any atom is -0.465 e. The third kappa shape index (κ3) is 4.14. The minimum absolute atomic E-state index is 0.0404. The number of carbonyl (C=O) groups is 3. The molecule has 0 aliphatic heterocycles. The van der Waals surface area contributed by atoms with Gasteiger partial charge in [0.05, 0.1) is 18.4 Å². The highest BCUT2D eigenvalue weighted by Gasteiger charge is 2.33. The molecule has 6 heteroatoms. The van der Waals surface area contributed by atoms with Crippen molar-refractivity contribution >= 4 is 45.8 Å². The Morgan fingerprint density at radius 2 is 1.70 bits per heavy atom. The van der Waals surface area contributed by atoms with E-state index in [0.29, 0.717) is 33.9 Å². The number of benzene rings is 2. The van der Waals surface area contributed by atoms with E-state index in [1.807, 2.05) is 32.9 Å². The predicted molar refractivity (Wildman–Crippen MR) is 129 cm³/mol. The molecule has 1 amide bonds. The quantitative estimate of drug-likeness (QED) is 0.349. The lowest BCUT2D eigenvalue weighted by Crippen LogP contribution is -2.43. The molecule has 0 saturated heterocycles. The van der Waals surface area contributed by atoms with Gasteiger partial charge >= 0.3 is 5.97 Å². The molecule has 1 aliphatic carbocycles. The zero-order chi connectivity index (χ0) is 23.9. The molecule has 1 heterocycles. The Morgan fingerprint density at radius 3 is 2.30 bits per heavy atom. The van der Waals surface area contributed by atoms with Crippen molar-refractivity contribution in [3.63, 3.8) is 0 Å². The first-order valence-electron chi connectivity index (χ1n) is 11.6. The molecule has 33 heavy (non-hydrogen) atoms. The number of fused-ring (bicyclic) bond motifs is 3. The van der Waals surface area contributed by atoms with E-state index in [4.69, 9.17) is 9.15 Å². The maximum atomic E-state index is 13.7. The summed E-state index contributed by atoms with van der Waals surface area (Å²) in [5.74, 6) is 0.0953. The van der Waals surface area contributed by atoms with E-state index in [0.717, 1.165) is 48.3 Å². The van der Waals surface area contributed by atoms with Crippen LogP contribution in [0.3, 0.4) is 0 Å². The lowest BCUT2D eigenvalue weighted by molar-refractivity contribution is -0.123. The molecular weight excluding hydrogens is 418 g/mol. The monoisotopic (exact) mass is 449 g/mol. The standard InChI is InChI=1S/C27H31NO5/c1-15(2)28(26(30)18-8-6-16(3)7-9-18)23-12-21-20-11-19(14-29)17(4)10-24(20)33-25(21)13-22(23)27(31)32-5/h10-16,18H,6-9H2,1-5H3. The number of hydrogen-bond donors (Lipinski definition) is 0. The largest absolute Gasteiger partial charge is 0.465 e. The van der Waals surface area contributed by atoms with Crippen LogP contribution in [0.1, 0.15) is 72.7 Å². The van der Waals surface area contributed by atoms with Crippen molar-refractivity contribution in [1.82, 2.24) is 0 Å². The van der Waals surface area contributed by atoms with E-state index in [1.165, 1.54) is 7.11 Å². The summed E-state index contributed by atoms with van der Waals surface area (Å²) < 4.78 is 11.1. The lowest BCUT2D eigenvalue weighted by Gasteiger charge is -2.34. The molecule has 0 bridgehead atoms. The van der Waals surface area contributed by atoms with Crippen LogP contribution in [0.4, 0.5) is 5.69 Å². The molecule has 1 aromatic heterocycles. The number of furan rings is 1. The fourth-order valence-electron chi connectivity index (χ4n) is 4.93. The van der Waals surface area contributed by atoms with E-state index in [1.54, 1.807) is 17.0 Å². The fourth-order valence-corrected chi connectivity index (χ4v) is 4.93. The third-order valence-electron chi connectivity index (χ3n) is 6.89. The van der Waals surface area contributed by atoms with Gasteiger partial charge in [-0.25, -0.2) is 4.79 Å². The van der Waals surface area contributed by atoms with Crippen molar-refractivity contribution in [2.45, 2.75) is 59.4 Å². The summed E-state index contributed by atoms with van der Waals surface area (Å²) in [6, 6.07) is 6.96. The van der Waals surface area contributed by atoms with Crippen LogP contribution in [-0.2, 0) is 9.53 Å². The smallest absolute Gasteiger partial charge is 0.340 e. The number of carbonyl (C=O) groups excluding carboxylic acids is 3. The highest BCUT2D eigenvalue weighted by molar-refractivity contribution is 6.13. The molecular formula is C27H31NO5. The summed E-state index contributed by atoms with van der Waals surface area (Å²) in [7, 11) is 1.33. The zero-order valence-corrected chi connectivity index (χ0v) is 19.9. The summed E-state index contributed by atoms with van der Waals surface area (Å²) in [4.78, 5) is 39.7. The molecule has 1 aliphatic rings. The first-order chi connectivity index (χ1) is 15.7. The summed E-state index contributed by atoms with van der Waals surface area (Å²) in [5, 5.41) is 1.53. The number of amides is 1. The molecule has 4 rings (SSSR count). The second-order valence-electron chi connectivity index (χ2n) is 9.54. The summed E-state index contributed by atoms with van der Waals surface area (Å²) >= 11 is 0. The van der Waals surface area contributed by atoms with E-state index >= 15 is 0 Å². The number of aldehydes is 1. The predicted octanol–water partition coefficient (Wildman–Crippen LogP) is 6.06. The van der Waals surface area contributed by atoms with Crippen molar-refractivity contribution in [2.24, 2.45) is 11.8 Å². The SMILES string of the molecule is COC(=O)c1cc2oc3cc(C)c(C=O)cc3c2cc1N(C(=O)C1CCC(C)CC1)C(C)C. The van der Waals surface area contributed by atoms with Gasteiger partial charge in [-0.2, -0.15) is 0 Å². The molecule has 0 spiro atoms. The topological polar surface area (TPSA) is 76.8 Å². The van der Waals surface area contributed by atoms with Crippen LogP contribution in [0.5, 0.6) is 0 Å². The summed E-state index contributed by atoms with van der Waals surface area (Å²) in [6.07, 6.45) is 4.60. The van der Waals surface area contributed by atoms with Gasteiger partial charge in [-0.15, -0.1) is 0 Å². The molecule has 1 fully saturated rings. The molecule has 0 unspecified atom stereocenters. The van der Waals surface area contributed by atoms with Gasteiger partial charge < -0.3 is 14.1 Å². The summed E-state index contributed by atoms with van der Waals surface area (Å²) in [5.41, 5.74) is 3.35. The molecule has 3 aromatic rings. The van der Waals surface area contributed by atoms with Crippen molar-refractivity contribution in [2.75, 3.05) is 12.0 Å². The van der Waals surface area contributed by atoms with Crippen molar-refractivity contribution in [1.29, 1.82) is 0 Å². The lowest BCUT2D eigenvalue weighted by atomic mass is 9.82. The molecule has 6 nitrogen and oxygen atoms in total. The van der Waals surface area contributed by atoms with Gasteiger partial charge in [-0.05, 0) is 82.2 Å². The van der Waals surface area contributed by atoms with E-state index in [9.17, 15) is 14.4 Å². The number of anilines is 1. The number of methoxy groups -OCH3 is 1. The number of hydrogen-bond acceptors (Lipinski definition) is 5. The van der Waals surface area contributed by atoms with Crippen LogP contribution in [0.25, 0.3) is 21.9 Å². The van der Waals surface area contributed by atoms with Gasteiger partial charge in [0.2, 0.25) is 5.91 Å². The second-order valence-corrected chi connectivity index (χ2v) is 9.54. The van der Waals surface area contributed by atoms with Crippen LogP contribution in [0.2, 0.25) is 0 Å². The van der Waals surface area contributed by atoms with Gasteiger partial charge in [0.15, 0.2) is 0 Å². The molecule has 0 radical (unpaired) electrons. The average Bonchev–Trinajstić information content (AvgIpc) is 3.13. The highest BCUT2D eigenvalue weighted by Crippen LogP contribution is 2.38. The fraction of sp³-hybridized carbons (Fsp3) is 0.444.